The number of nitrogens with zero attached hydrogens (tertiary/aromatic N) is 1. The highest BCUT2D eigenvalue weighted by molar-refractivity contribution is 8.18. The Morgan fingerprint density at radius 2 is 1.90 bits per heavy atom. The van der Waals surface area contributed by atoms with Crippen LogP contribution in [0.3, 0.4) is 0 Å². The van der Waals surface area contributed by atoms with E-state index in [1.807, 2.05) is 0 Å². The summed E-state index contributed by atoms with van der Waals surface area (Å²) < 4.78 is 15.1. The molecule has 1 saturated heterocycles. The number of hydrogen-bond acceptors (Lipinski definition) is 8. The van der Waals surface area contributed by atoms with Crippen molar-refractivity contribution >= 4 is 40.9 Å². The average Bonchev–Trinajstić information content (AvgIpc) is 3.28. The van der Waals surface area contributed by atoms with E-state index in [9.17, 15) is 19.2 Å². The number of imide groups is 1. The lowest BCUT2D eigenvalue weighted by atomic mass is 10.2. The van der Waals surface area contributed by atoms with Crippen LogP contribution in [0.5, 0.6) is 5.75 Å². The zero-order chi connectivity index (χ0) is 21.0. The Hall–Kier alpha value is -3.33. The Morgan fingerprint density at radius 3 is 2.52 bits per heavy atom. The van der Waals surface area contributed by atoms with Gasteiger partial charge in [-0.25, -0.2) is 4.79 Å². The summed E-state index contributed by atoms with van der Waals surface area (Å²) in [6.07, 6.45) is 2.56. The number of carbonyl (C=O) groups excluding carboxylic acids is 4. The molecule has 0 radical (unpaired) electrons. The number of thioether (sulfide) groups is 1. The van der Waals surface area contributed by atoms with Crippen molar-refractivity contribution in [3.8, 4) is 5.75 Å². The summed E-state index contributed by atoms with van der Waals surface area (Å²) in [6, 6.07) is 9.43. The average molecular weight is 415 g/mol. The molecule has 0 unspecified atom stereocenters. The van der Waals surface area contributed by atoms with Crippen LogP contribution in [0.25, 0.3) is 6.08 Å². The summed E-state index contributed by atoms with van der Waals surface area (Å²) in [6.45, 7) is 2.93. The van der Waals surface area contributed by atoms with Crippen LogP contribution in [-0.4, -0.2) is 40.6 Å². The molecule has 1 aromatic heterocycles. The van der Waals surface area contributed by atoms with Crippen molar-refractivity contribution in [2.45, 2.75) is 20.0 Å². The Labute approximate surface area is 170 Å². The van der Waals surface area contributed by atoms with Crippen molar-refractivity contribution in [3.63, 3.8) is 0 Å². The Balaban J connectivity index is 1.65. The van der Waals surface area contributed by atoms with Gasteiger partial charge in [-0.3, -0.25) is 19.3 Å². The standard InChI is InChI=1S/C20H17NO7S/c1-12(2)27-17(22)11-21-18(23)16(29-20(21)25)10-13-5-7-14(8-6-13)28-19(24)15-4-3-9-26-15/h3-10,12H,11H2,1-2H3/b16-10-. The van der Waals surface area contributed by atoms with Crippen LogP contribution in [0.4, 0.5) is 4.79 Å². The molecule has 1 aliphatic rings. The maximum absolute atomic E-state index is 12.4. The molecule has 1 aliphatic heterocycles. The molecule has 29 heavy (non-hydrogen) atoms. The van der Waals surface area contributed by atoms with E-state index >= 15 is 0 Å². The summed E-state index contributed by atoms with van der Waals surface area (Å²) in [5.74, 6) is -1.45. The molecule has 9 heteroatoms. The molecule has 0 aliphatic carbocycles. The minimum atomic E-state index is -0.647. The van der Waals surface area contributed by atoms with Gasteiger partial charge in [0.25, 0.3) is 11.1 Å². The highest BCUT2D eigenvalue weighted by Crippen LogP contribution is 2.32. The summed E-state index contributed by atoms with van der Waals surface area (Å²) in [7, 11) is 0. The minimum absolute atomic E-state index is 0.0822. The fourth-order valence-electron chi connectivity index (χ4n) is 2.40. The SMILES string of the molecule is CC(C)OC(=O)CN1C(=O)S/C(=C\c2ccc(OC(=O)c3ccco3)cc2)C1=O. The maximum atomic E-state index is 12.4. The maximum Gasteiger partial charge on any atom is 0.379 e. The first-order valence-corrected chi connectivity index (χ1v) is 9.45. The largest absolute Gasteiger partial charge is 0.462 e. The fourth-order valence-corrected chi connectivity index (χ4v) is 3.24. The van der Waals surface area contributed by atoms with E-state index in [2.05, 4.69) is 0 Å². The second kappa shape index (κ2) is 8.78. The summed E-state index contributed by atoms with van der Waals surface area (Å²) in [5.41, 5.74) is 0.623. The molecule has 150 valence electrons. The van der Waals surface area contributed by atoms with Crippen LogP contribution in [0.1, 0.15) is 30.0 Å². The quantitative estimate of drug-likeness (QED) is 0.401. The van der Waals surface area contributed by atoms with Crippen molar-refractivity contribution in [1.82, 2.24) is 4.90 Å². The van der Waals surface area contributed by atoms with Crippen LogP contribution in [0.2, 0.25) is 0 Å². The van der Waals surface area contributed by atoms with E-state index in [1.54, 1.807) is 44.2 Å². The van der Waals surface area contributed by atoms with E-state index in [4.69, 9.17) is 13.9 Å². The van der Waals surface area contributed by atoms with Gasteiger partial charge < -0.3 is 13.9 Å². The molecule has 0 atom stereocenters. The van der Waals surface area contributed by atoms with Gasteiger partial charge in [0.05, 0.1) is 17.3 Å². The van der Waals surface area contributed by atoms with E-state index in [-0.39, 0.29) is 16.8 Å². The molecule has 8 nitrogen and oxygen atoms in total. The predicted octanol–water partition coefficient (Wildman–Crippen LogP) is 3.49. The molecule has 0 saturated carbocycles. The first-order valence-electron chi connectivity index (χ1n) is 8.64. The molecule has 3 rings (SSSR count). The van der Waals surface area contributed by atoms with Crippen molar-refractivity contribution in [2.24, 2.45) is 0 Å². The Morgan fingerprint density at radius 1 is 1.17 bits per heavy atom. The van der Waals surface area contributed by atoms with Crippen LogP contribution >= 0.6 is 11.8 Å². The van der Waals surface area contributed by atoms with E-state index in [0.29, 0.717) is 11.3 Å². The van der Waals surface area contributed by atoms with Crippen LogP contribution < -0.4 is 4.74 Å². The third kappa shape index (κ3) is 5.14. The van der Waals surface area contributed by atoms with Gasteiger partial charge in [-0.2, -0.15) is 0 Å². The second-order valence-electron chi connectivity index (χ2n) is 6.24. The molecule has 1 fully saturated rings. The van der Waals surface area contributed by atoms with Gasteiger partial charge in [-0.15, -0.1) is 0 Å². The molecule has 1 aromatic carbocycles. The van der Waals surface area contributed by atoms with E-state index in [1.165, 1.54) is 18.4 Å². The van der Waals surface area contributed by atoms with Crippen molar-refractivity contribution in [2.75, 3.05) is 6.54 Å². The smallest absolute Gasteiger partial charge is 0.379 e. The number of rotatable bonds is 6. The number of benzene rings is 1. The summed E-state index contributed by atoms with van der Waals surface area (Å²) in [5, 5.41) is -0.536. The molecule has 0 N–H and O–H groups in total. The highest BCUT2D eigenvalue weighted by atomic mass is 32.2. The van der Waals surface area contributed by atoms with Gasteiger partial charge in [0.2, 0.25) is 5.76 Å². The van der Waals surface area contributed by atoms with E-state index in [0.717, 1.165) is 16.7 Å². The summed E-state index contributed by atoms with van der Waals surface area (Å²) >= 11 is 0.744. The number of amides is 2. The topological polar surface area (TPSA) is 103 Å². The van der Waals surface area contributed by atoms with Gasteiger partial charge in [-0.05, 0) is 61.5 Å². The van der Waals surface area contributed by atoms with Gasteiger partial charge in [0.15, 0.2) is 0 Å². The number of esters is 2. The molecule has 2 amide bonds. The normalized spacial score (nSPS) is 15.3. The lowest BCUT2D eigenvalue weighted by Crippen LogP contribution is -2.35. The molecule has 2 aromatic rings. The molecule has 0 bridgehead atoms. The number of furan rings is 1. The molecule has 0 spiro atoms. The van der Waals surface area contributed by atoms with Gasteiger partial charge in [0.1, 0.15) is 12.3 Å². The first kappa shape index (κ1) is 20.4. The monoisotopic (exact) mass is 415 g/mol. The lowest BCUT2D eigenvalue weighted by molar-refractivity contribution is -0.149. The Bertz CT molecular complexity index is 961. The third-order valence-electron chi connectivity index (χ3n) is 3.64. The first-order chi connectivity index (χ1) is 13.8. The summed E-state index contributed by atoms with van der Waals surface area (Å²) in [4.78, 5) is 49.1. The number of hydrogen-bond donors (Lipinski definition) is 0. The zero-order valence-corrected chi connectivity index (χ0v) is 16.4. The fraction of sp³-hybridized carbons (Fsp3) is 0.200. The minimum Gasteiger partial charge on any atom is -0.462 e. The second-order valence-corrected chi connectivity index (χ2v) is 7.24. The van der Waals surface area contributed by atoms with Crippen LogP contribution in [-0.2, 0) is 14.3 Å². The number of carbonyl (C=O) groups is 4. The van der Waals surface area contributed by atoms with Crippen molar-refractivity contribution in [1.29, 1.82) is 0 Å². The van der Waals surface area contributed by atoms with Crippen molar-refractivity contribution < 1.29 is 33.1 Å². The van der Waals surface area contributed by atoms with E-state index < -0.39 is 29.6 Å². The molecular weight excluding hydrogens is 398 g/mol. The third-order valence-corrected chi connectivity index (χ3v) is 4.55. The highest BCUT2D eigenvalue weighted by Gasteiger charge is 2.36. The van der Waals surface area contributed by atoms with Crippen LogP contribution in [0, 0.1) is 0 Å². The molecular formula is C20H17NO7S. The van der Waals surface area contributed by atoms with Gasteiger partial charge in [-0.1, -0.05) is 12.1 Å². The number of ether oxygens (including phenoxy) is 2. The van der Waals surface area contributed by atoms with Gasteiger partial charge in [0, 0.05) is 0 Å². The van der Waals surface area contributed by atoms with Crippen molar-refractivity contribution in [3.05, 3.63) is 58.9 Å². The zero-order valence-electron chi connectivity index (χ0n) is 15.6. The van der Waals surface area contributed by atoms with Gasteiger partial charge >= 0.3 is 11.9 Å². The predicted molar refractivity (Wildman–Crippen MR) is 104 cm³/mol. The Kier molecular flexibility index (Phi) is 6.18. The molecule has 2 heterocycles. The van der Waals surface area contributed by atoms with Crippen LogP contribution in [0.15, 0.2) is 52.0 Å². The lowest BCUT2D eigenvalue weighted by Gasteiger charge is -2.13.